The molecule has 0 unspecified atom stereocenters. The molecule has 0 aromatic carbocycles. The number of hydrogen-bond donors (Lipinski definition) is 2. The molecule has 0 amide bonds. The van der Waals surface area contributed by atoms with Crippen LogP contribution < -0.4 is 0 Å². The van der Waals surface area contributed by atoms with Crippen LogP contribution >= 0.6 is 0 Å². The topological polar surface area (TPSA) is 65.5 Å². The lowest BCUT2D eigenvalue weighted by Crippen LogP contribution is -2.05. The summed E-state index contributed by atoms with van der Waals surface area (Å²) in [7, 11) is 0. The average Bonchev–Trinajstić information content (AvgIpc) is 2.87. The Morgan fingerprint density at radius 2 is 1.27 bits per heavy atom. The maximum atomic E-state index is 8.62. The third kappa shape index (κ3) is 1.54. The molecule has 4 heteroatoms. The molecule has 64 valence electrons. The molecule has 0 spiro atoms. The van der Waals surface area contributed by atoms with Gasteiger partial charge in [0.2, 0.25) is 0 Å². The van der Waals surface area contributed by atoms with Crippen LogP contribution in [0.2, 0.25) is 0 Å². The van der Waals surface area contributed by atoms with Gasteiger partial charge in [0, 0.05) is 6.42 Å². The molecule has 0 aliphatic carbocycles. The fraction of sp³-hybridized carbons (Fsp3) is 1.00. The van der Waals surface area contributed by atoms with Gasteiger partial charge in [0.05, 0.1) is 25.4 Å². The summed E-state index contributed by atoms with van der Waals surface area (Å²) in [6.45, 7) is 0.197. The van der Waals surface area contributed by atoms with Crippen molar-refractivity contribution in [2.24, 2.45) is 0 Å². The van der Waals surface area contributed by atoms with Crippen LogP contribution in [0.4, 0.5) is 0 Å². The van der Waals surface area contributed by atoms with E-state index < -0.39 is 0 Å². The average molecular weight is 160 g/mol. The minimum Gasteiger partial charge on any atom is -0.394 e. The van der Waals surface area contributed by atoms with E-state index in [0.29, 0.717) is 0 Å². The van der Waals surface area contributed by atoms with E-state index in [0.717, 1.165) is 6.42 Å². The van der Waals surface area contributed by atoms with Crippen molar-refractivity contribution < 1.29 is 19.7 Å². The molecule has 11 heavy (non-hydrogen) atoms. The van der Waals surface area contributed by atoms with Crippen molar-refractivity contribution in [3.05, 3.63) is 0 Å². The van der Waals surface area contributed by atoms with Gasteiger partial charge in [-0.2, -0.15) is 0 Å². The van der Waals surface area contributed by atoms with Gasteiger partial charge in [0.25, 0.3) is 0 Å². The highest BCUT2D eigenvalue weighted by molar-refractivity contribution is 4.94. The second-order valence-electron chi connectivity index (χ2n) is 3.03. The Kier molecular flexibility index (Phi) is 1.85. The monoisotopic (exact) mass is 160 g/mol. The molecule has 2 heterocycles. The Bertz CT molecular complexity index is 133. The van der Waals surface area contributed by atoms with Crippen LogP contribution in [0.15, 0.2) is 0 Å². The van der Waals surface area contributed by atoms with Crippen molar-refractivity contribution in [1.82, 2.24) is 0 Å². The fourth-order valence-electron chi connectivity index (χ4n) is 1.32. The normalized spacial score (nSPS) is 47.5. The molecule has 0 radical (unpaired) electrons. The summed E-state index contributed by atoms with van der Waals surface area (Å²) in [6.07, 6.45) is 1.20. The highest BCUT2D eigenvalue weighted by Gasteiger charge is 2.47. The van der Waals surface area contributed by atoms with Gasteiger partial charge in [0.15, 0.2) is 0 Å². The Morgan fingerprint density at radius 3 is 1.55 bits per heavy atom. The van der Waals surface area contributed by atoms with Gasteiger partial charge in [-0.05, 0) is 0 Å². The van der Waals surface area contributed by atoms with Crippen LogP contribution in [-0.4, -0.2) is 47.8 Å². The van der Waals surface area contributed by atoms with Crippen molar-refractivity contribution in [2.75, 3.05) is 13.2 Å². The number of ether oxygens (including phenoxy) is 2. The minimum absolute atomic E-state index is 0.0264. The summed E-state index contributed by atoms with van der Waals surface area (Å²) < 4.78 is 10.2. The Hall–Kier alpha value is -0.160. The van der Waals surface area contributed by atoms with E-state index in [2.05, 4.69) is 0 Å². The Labute approximate surface area is 64.7 Å². The van der Waals surface area contributed by atoms with Crippen LogP contribution in [0.3, 0.4) is 0 Å². The SMILES string of the molecule is OC[C@H]1O[C@@H]1C[C@H]1O[C@@H]1CO. The molecule has 2 fully saturated rings. The zero-order valence-corrected chi connectivity index (χ0v) is 6.14. The second kappa shape index (κ2) is 2.71. The van der Waals surface area contributed by atoms with E-state index in [9.17, 15) is 0 Å². The first-order valence-corrected chi connectivity index (χ1v) is 3.87. The molecular weight excluding hydrogens is 148 g/mol. The highest BCUT2D eigenvalue weighted by atomic mass is 16.6. The Balaban J connectivity index is 1.62. The largest absolute Gasteiger partial charge is 0.394 e. The molecule has 2 rings (SSSR count). The molecule has 2 saturated heterocycles. The second-order valence-corrected chi connectivity index (χ2v) is 3.03. The summed E-state index contributed by atoms with van der Waals surface area (Å²) in [6, 6.07) is 0. The van der Waals surface area contributed by atoms with E-state index in [1.54, 1.807) is 0 Å². The Morgan fingerprint density at radius 1 is 0.818 bits per heavy atom. The van der Waals surface area contributed by atoms with Crippen molar-refractivity contribution in [3.8, 4) is 0 Å². The summed E-state index contributed by atoms with van der Waals surface area (Å²) in [5.74, 6) is 0. The molecule has 0 aromatic heterocycles. The molecular formula is C7H12O4. The van der Waals surface area contributed by atoms with Gasteiger partial charge >= 0.3 is 0 Å². The summed E-state index contributed by atoms with van der Waals surface area (Å²) in [5, 5.41) is 17.2. The van der Waals surface area contributed by atoms with Gasteiger partial charge in [-0.25, -0.2) is 0 Å². The first-order chi connectivity index (χ1) is 5.35. The van der Waals surface area contributed by atoms with E-state index in [1.165, 1.54) is 0 Å². The minimum atomic E-state index is 0.0264. The van der Waals surface area contributed by atoms with Gasteiger partial charge in [0.1, 0.15) is 12.2 Å². The molecule has 0 aromatic rings. The first kappa shape index (κ1) is 7.49. The van der Waals surface area contributed by atoms with Crippen LogP contribution in [-0.2, 0) is 9.47 Å². The number of aliphatic hydroxyl groups is 2. The highest BCUT2D eigenvalue weighted by Crippen LogP contribution is 2.34. The van der Waals surface area contributed by atoms with Crippen molar-refractivity contribution in [1.29, 1.82) is 0 Å². The van der Waals surface area contributed by atoms with E-state index >= 15 is 0 Å². The van der Waals surface area contributed by atoms with E-state index in [4.69, 9.17) is 19.7 Å². The molecule has 2 N–H and O–H groups in total. The van der Waals surface area contributed by atoms with E-state index in [1.807, 2.05) is 0 Å². The number of epoxide rings is 2. The lowest BCUT2D eigenvalue weighted by Gasteiger charge is -1.86. The molecule has 2 aliphatic rings. The predicted octanol–water partition coefficient (Wildman–Crippen LogP) is -1.10. The summed E-state index contributed by atoms with van der Waals surface area (Å²) in [5.41, 5.74) is 0. The van der Waals surface area contributed by atoms with Crippen LogP contribution in [0.5, 0.6) is 0 Å². The quantitative estimate of drug-likeness (QED) is 0.512. The third-order valence-corrected chi connectivity index (χ3v) is 2.20. The lowest BCUT2D eigenvalue weighted by atomic mass is 10.1. The van der Waals surface area contributed by atoms with Gasteiger partial charge in [-0.15, -0.1) is 0 Å². The van der Waals surface area contributed by atoms with Crippen molar-refractivity contribution >= 4 is 0 Å². The molecule has 2 aliphatic heterocycles. The van der Waals surface area contributed by atoms with Crippen molar-refractivity contribution in [3.63, 3.8) is 0 Å². The molecule has 4 nitrogen and oxygen atoms in total. The summed E-state index contributed by atoms with van der Waals surface area (Å²) >= 11 is 0. The van der Waals surface area contributed by atoms with Crippen LogP contribution in [0.25, 0.3) is 0 Å². The van der Waals surface area contributed by atoms with Crippen LogP contribution in [0, 0.1) is 0 Å². The first-order valence-electron chi connectivity index (χ1n) is 3.87. The predicted molar refractivity (Wildman–Crippen MR) is 36.1 cm³/mol. The number of rotatable bonds is 4. The van der Waals surface area contributed by atoms with Gasteiger partial charge in [-0.3, -0.25) is 0 Å². The van der Waals surface area contributed by atoms with E-state index in [-0.39, 0.29) is 37.6 Å². The van der Waals surface area contributed by atoms with Crippen LogP contribution in [0.1, 0.15) is 6.42 Å². The van der Waals surface area contributed by atoms with Crippen molar-refractivity contribution in [2.45, 2.75) is 30.8 Å². The third-order valence-electron chi connectivity index (χ3n) is 2.20. The maximum Gasteiger partial charge on any atom is 0.107 e. The maximum absolute atomic E-state index is 8.62. The summed E-state index contributed by atoms with van der Waals surface area (Å²) in [4.78, 5) is 0. The van der Waals surface area contributed by atoms with Gasteiger partial charge in [-0.1, -0.05) is 0 Å². The fourth-order valence-corrected chi connectivity index (χ4v) is 1.32. The molecule has 0 saturated carbocycles. The number of hydrogen-bond acceptors (Lipinski definition) is 4. The number of aliphatic hydroxyl groups excluding tert-OH is 2. The molecule has 0 bridgehead atoms. The zero-order chi connectivity index (χ0) is 7.84. The zero-order valence-electron chi connectivity index (χ0n) is 6.14. The lowest BCUT2D eigenvalue weighted by molar-refractivity contribution is 0.238. The smallest absolute Gasteiger partial charge is 0.107 e. The molecule has 4 atom stereocenters. The van der Waals surface area contributed by atoms with Gasteiger partial charge < -0.3 is 19.7 Å². The standard InChI is InChI=1S/C7H12O4/c8-2-6-4(10-6)1-5-7(3-9)11-5/h4-9H,1-3H2/t4-,5-,6-,7-/m1/s1.